The number of furan rings is 1. The average molecular weight is 393 g/mol. The maximum absolute atomic E-state index is 13.0. The number of nitriles is 1. The van der Waals surface area contributed by atoms with Crippen LogP contribution < -0.4 is 5.32 Å². The molecule has 7 heteroatoms. The molecule has 28 heavy (non-hydrogen) atoms. The van der Waals surface area contributed by atoms with Crippen LogP contribution in [0.2, 0.25) is 0 Å². The van der Waals surface area contributed by atoms with E-state index in [0.717, 1.165) is 5.56 Å². The quantitative estimate of drug-likeness (QED) is 0.667. The number of nitrogens with zero attached hydrogens (tertiary/aromatic N) is 2. The first kappa shape index (κ1) is 19.4. The topological polar surface area (TPSA) is 86.3 Å². The van der Waals surface area contributed by atoms with E-state index in [-0.39, 0.29) is 23.6 Å². The van der Waals surface area contributed by atoms with Gasteiger partial charge in [0.1, 0.15) is 0 Å². The van der Waals surface area contributed by atoms with Crippen LogP contribution in [0.3, 0.4) is 0 Å². The molecular weight excluding hydrogens is 374 g/mol. The van der Waals surface area contributed by atoms with Crippen molar-refractivity contribution in [3.8, 4) is 6.07 Å². The summed E-state index contributed by atoms with van der Waals surface area (Å²) < 4.78 is 5.07. The molecule has 0 bridgehead atoms. The molecule has 3 aromatic rings. The van der Waals surface area contributed by atoms with Crippen LogP contribution in [0, 0.1) is 11.3 Å². The summed E-state index contributed by atoms with van der Waals surface area (Å²) in [6.45, 7) is 4.34. The molecule has 0 aliphatic rings. The van der Waals surface area contributed by atoms with E-state index in [4.69, 9.17) is 9.68 Å². The standard InChI is InChI=1S/C21H19N3O3S/c1-14(2)24(13-16-7-5-15(12-22)6-8-16)21(26)18-9-10-19(28-18)23-20(25)17-4-3-11-27-17/h3-11,14H,13H2,1-2H3,(H,23,25). The molecule has 0 saturated carbocycles. The average Bonchev–Trinajstić information content (AvgIpc) is 3.38. The third kappa shape index (κ3) is 4.48. The Morgan fingerprint density at radius 1 is 1.18 bits per heavy atom. The zero-order valence-corrected chi connectivity index (χ0v) is 16.3. The third-order valence-electron chi connectivity index (χ3n) is 4.12. The number of hydrogen-bond acceptors (Lipinski definition) is 5. The molecule has 0 aliphatic heterocycles. The Hall–Kier alpha value is -3.37. The van der Waals surface area contributed by atoms with E-state index in [0.29, 0.717) is 22.0 Å². The molecule has 3 rings (SSSR count). The van der Waals surface area contributed by atoms with Gasteiger partial charge in [-0.2, -0.15) is 5.26 Å². The molecule has 0 spiro atoms. The predicted octanol–water partition coefficient (Wildman–Crippen LogP) is 4.52. The number of thiophene rings is 1. The summed E-state index contributed by atoms with van der Waals surface area (Å²) in [4.78, 5) is 27.4. The molecule has 2 heterocycles. The molecule has 142 valence electrons. The number of nitrogens with one attached hydrogen (secondary N) is 1. The second-order valence-corrected chi connectivity index (χ2v) is 7.51. The van der Waals surface area contributed by atoms with Crippen molar-refractivity contribution in [1.82, 2.24) is 4.90 Å². The number of carbonyl (C=O) groups excluding carboxylic acids is 2. The Labute approximate surface area is 167 Å². The van der Waals surface area contributed by atoms with Gasteiger partial charge < -0.3 is 14.6 Å². The number of benzene rings is 1. The van der Waals surface area contributed by atoms with Gasteiger partial charge in [0.25, 0.3) is 11.8 Å². The lowest BCUT2D eigenvalue weighted by molar-refractivity contribution is 0.0695. The normalized spacial score (nSPS) is 10.5. The molecule has 2 aromatic heterocycles. The number of hydrogen-bond donors (Lipinski definition) is 1. The SMILES string of the molecule is CC(C)N(Cc1ccc(C#N)cc1)C(=O)c1ccc(NC(=O)c2ccco2)s1. The highest BCUT2D eigenvalue weighted by molar-refractivity contribution is 7.18. The highest BCUT2D eigenvalue weighted by atomic mass is 32.1. The summed E-state index contributed by atoms with van der Waals surface area (Å²) in [7, 11) is 0. The minimum absolute atomic E-state index is 0.00796. The smallest absolute Gasteiger partial charge is 0.291 e. The van der Waals surface area contributed by atoms with Gasteiger partial charge in [-0.1, -0.05) is 12.1 Å². The van der Waals surface area contributed by atoms with Crippen LogP contribution in [-0.4, -0.2) is 22.8 Å². The first-order chi connectivity index (χ1) is 13.5. The Morgan fingerprint density at radius 3 is 2.54 bits per heavy atom. The lowest BCUT2D eigenvalue weighted by Crippen LogP contribution is -2.35. The van der Waals surface area contributed by atoms with Gasteiger partial charge in [-0.25, -0.2) is 0 Å². The number of amides is 2. The fourth-order valence-electron chi connectivity index (χ4n) is 2.61. The molecule has 0 unspecified atom stereocenters. The van der Waals surface area contributed by atoms with Crippen LogP contribution in [-0.2, 0) is 6.54 Å². The summed E-state index contributed by atoms with van der Waals surface area (Å²) in [5.41, 5.74) is 1.53. The predicted molar refractivity (Wildman–Crippen MR) is 107 cm³/mol. The lowest BCUT2D eigenvalue weighted by atomic mass is 10.1. The van der Waals surface area contributed by atoms with E-state index in [1.165, 1.54) is 17.6 Å². The summed E-state index contributed by atoms with van der Waals surface area (Å²) in [6.07, 6.45) is 1.43. The molecule has 6 nitrogen and oxygen atoms in total. The van der Waals surface area contributed by atoms with Crippen molar-refractivity contribution in [2.45, 2.75) is 26.4 Å². The largest absolute Gasteiger partial charge is 0.459 e. The minimum atomic E-state index is -0.357. The first-order valence-electron chi connectivity index (χ1n) is 8.72. The summed E-state index contributed by atoms with van der Waals surface area (Å²) in [6, 6.07) is 15.9. The molecule has 0 saturated heterocycles. The van der Waals surface area contributed by atoms with E-state index in [2.05, 4.69) is 11.4 Å². The van der Waals surface area contributed by atoms with Gasteiger partial charge in [-0.15, -0.1) is 11.3 Å². The fourth-order valence-corrected chi connectivity index (χ4v) is 3.47. The third-order valence-corrected chi connectivity index (χ3v) is 5.11. The summed E-state index contributed by atoms with van der Waals surface area (Å²) >= 11 is 1.22. The van der Waals surface area contributed by atoms with Gasteiger partial charge in [0.2, 0.25) is 0 Å². The van der Waals surface area contributed by atoms with Crippen molar-refractivity contribution in [3.63, 3.8) is 0 Å². The van der Waals surface area contributed by atoms with E-state index in [1.807, 2.05) is 26.0 Å². The van der Waals surface area contributed by atoms with Crippen LogP contribution in [0.1, 0.15) is 45.2 Å². The fraction of sp³-hybridized carbons (Fsp3) is 0.190. The van der Waals surface area contributed by atoms with Crippen LogP contribution in [0.4, 0.5) is 5.00 Å². The summed E-state index contributed by atoms with van der Waals surface area (Å²) in [5.74, 6) is -0.252. The van der Waals surface area contributed by atoms with Crippen molar-refractivity contribution >= 4 is 28.2 Å². The maximum atomic E-state index is 13.0. The number of carbonyl (C=O) groups is 2. The highest BCUT2D eigenvalue weighted by Gasteiger charge is 2.21. The Kier molecular flexibility index (Phi) is 5.92. The monoisotopic (exact) mass is 393 g/mol. The van der Waals surface area contributed by atoms with Gasteiger partial charge >= 0.3 is 0 Å². The lowest BCUT2D eigenvalue weighted by Gasteiger charge is -2.26. The van der Waals surface area contributed by atoms with Crippen molar-refractivity contribution in [2.75, 3.05) is 5.32 Å². The molecule has 0 fully saturated rings. The number of anilines is 1. The van der Waals surface area contributed by atoms with Gasteiger partial charge in [0, 0.05) is 12.6 Å². The van der Waals surface area contributed by atoms with Crippen molar-refractivity contribution < 1.29 is 14.0 Å². The van der Waals surface area contributed by atoms with E-state index in [1.54, 1.807) is 41.3 Å². The van der Waals surface area contributed by atoms with Crippen molar-refractivity contribution in [3.05, 3.63) is 76.6 Å². The second kappa shape index (κ2) is 8.55. The second-order valence-electron chi connectivity index (χ2n) is 6.43. The van der Waals surface area contributed by atoms with Crippen LogP contribution >= 0.6 is 11.3 Å². The van der Waals surface area contributed by atoms with Gasteiger partial charge in [-0.05, 0) is 55.8 Å². The Morgan fingerprint density at radius 2 is 1.93 bits per heavy atom. The minimum Gasteiger partial charge on any atom is -0.459 e. The molecule has 2 amide bonds. The Bertz CT molecular complexity index is 998. The van der Waals surface area contributed by atoms with Crippen LogP contribution in [0.5, 0.6) is 0 Å². The van der Waals surface area contributed by atoms with Crippen LogP contribution in [0.15, 0.2) is 59.2 Å². The van der Waals surface area contributed by atoms with Crippen molar-refractivity contribution in [2.24, 2.45) is 0 Å². The van der Waals surface area contributed by atoms with Crippen LogP contribution in [0.25, 0.3) is 0 Å². The van der Waals surface area contributed by atoms with Gasteiger partial charge in [0.05, 0.1) is 27.8 Å². The highest BCUT2D eigenvalue weighted by Crippen LogP contribution is 2.25. The van der Waals surface area contributed by atoms with Gasteiger partial charge in [-0.3, -0.25) is 9.59 Å². The molecule has 0 aliphatic carbocycles. The molecule has 0 atom stereocenters. The van der Waals surface area contributed by atoms with Gasteiger partial charge in [0.15, 0.2) is 5.76 Å². The van der Waals surface area contributed by atoms with E-state index >= 15 is 0 Å². The number of rotatable bonds is 6. The zero-order valence-electron chi connectivity index (χ0n) is 15.5. The van der Waals surface area contributed by atoms with E-state index in [9.17, 15) is 9.59 Å². The molecule has 0 radical (unpaired) electrons. The maximum Gasteiger partial charge on any atom is 0.291 e. The van der Waals surface area contributed by atoms with E-state index < -0.39 is 0 Å². The zero-order chi connectivity index (χ0) is 20.1. The molecule has 1 N–H and O–H groups in total. The van der Waals surface area contributed by atoms with Crippen molar-refractivity contribution in [1.29, 1.82) is 5.26 Å². The summed E-state index contributed by atoms with van der Waals surface area (Å²) in [5, 5.41) is 12.2. The molecule has 1 aromatic carbocycles. The molecular formula is C21H19N3O3S. The first-order valence-corrected chi connectivity index (χ1v) is 9.54. The Balaban J connectivity index is 1.72.